The maximum atomic E-state index is 12.3. The molecule has 0 bridgehead atoms. The average molecular weight is 526 g/mol. The summed E-state index contributed by atoms with van der Waals surface area (Å²) in [5, 5.41) is 14.2. The maximum Gasteiger partial charge on any atom is 0.337 e. The Morgan fingerprint density at radius 1 is 1.00 bits per heavy atom. The number of hydrogen-bond acceptors (Lipinski definition) is 9. The molecule has 0 aliphatic carbocycles. The predicted octanol–water partition coefficient (Wildman–Crippen LogP) is 2.68. The lowest BCUT2D eigenvalue weighted by Crippen LogP contribution is -2.22. The van der Waals surface area contributed by atoms with Crippen molar-refractivity contribution in [3.05, 3.63) is 65.5 Å². The first-order valence-electron chi connectivity index (χ1n) is 11.0. The molecule has 3 aromatic rings. The fourth-order valence-electron chi connectivity index (χ4n) is 3.11. The van der Waals surface area contributed by atoms with Crippen LogP contribution in [0.5, 0.6) is 11.5 Å². The highest BCUT2D eigenvalue weighted by Gasteiger charge is 2.13. The van der Waals surface area contributed by atoms with Crippen LogP contribution in [-0.2, 0) is 27.9 Å². The van der Waals surface area contributed by atoms with Crippen molar-refractivity contribution in [1.82, 2.24) is 20.1 Å². The van der Waals surface area contributed by atoms with Gasteiger partial charge in [0, 0.05) is 18.8 Å². The lowest BCUT2D eigenvalue weighted by atomic mass is 10.2. The number of hydrogen-bond donors (Lipinski definition) is 2. The number of carbonyl (C=O) groups excluding carboxylic acids is 3. The van der Waals surface area contributed by atoms with Crippen LogP contribution in [0.4, 0.5) is 5.69 Å². The quantitative estimate of drug-likeness (QED) is 0.220. The molecule has 2 aromatic carbocycles. The van der Waals surface area contributed by atoms with E-state index in [1.165, 1.54) is 24.9 Å². The molecule has 0 aliphatic rings. The second kappa shape index (κ2) is 13.1. The van der Waals surface area contributed by atoms with Crippen LogP contribution < -0.4 is 20.1 Å². The highest BCUT2D eigenvalue weighted by molar-refractivity contribution is 7.99. The summed E-state index contributed by atoms with van der Waals surface area (Å²) >= 11 is 1.21. The van der Waals surface area contributed by atoms with E-state index in [9.17, 15) is 14.4 Å². The third kappa shape index (κ3) is 7.58. The molecular formula is C25H27N5O6S. The fourth-order valence-corrected chi connectivity index (χ4v) is 3.84. The van der Waals surface area contributed by atoms with Crippen molar-refractivity contribution in [3.8, 4) is 11.5 Å². The normalized spacial score (nSPS) is 10.7. The topological polar surface area (TPSA) is 134 Å². The summed E-state index contributed by atoms with van der Waals surface area (Å²) in [6.45, 7) is 0.165. The highest BCUT2D eigenvalue weighted by Crippen LogP contribution is 2.28. The van der Waals surface area contributed by atoms with Crippen molar-refractivity contribution in [2.24, 2.45) is 7.05 Å². The summed E-state index contributed by atoms with van der Waals surface area (Å²) in [7, 11) is 6.16. The third-order valence-corrected chi connectivity index (χ3v) is 6.12. The van der Waals surface area contributed by atoms with Crippen LogP contribution in [0.15, 0.2) is 53.7 Å². The van der Waals surface area contributed by atoms with Gasteiger partial charge in [-0.15, -0.1) is 10.2 Å². The first-order chi connectivity index (χ1) is 17.8. The molecule has 2 N–H and O–H groups in total. The minimum absolute atomic E-state index is 0.102. The second-order valence-corrected chi connectivity index (χ2v) is 8.47. The monoisotopic (exact) mass is 525 g/mol. The smallest absolute Gasteiger partial charge is 0.337 e. The lowest BCUT2D eigenvalue weighted by molar-refractivity contribution is -0.116. The van der Waals surface area contributed by atoms with Gasteiger partial charge in [0.15, 0.2) is 22.5 Å². The Balaban J connectivity index is 1.48. The first-order valence-corrected chi connectivity index (χ1v) is 12.0. The van der Waals surface area contributed by atoms with Crippen molar-refractivity contribution in [2.45, 2.75) is 11.7 Å². The Morgan fingerprint density at radius 2 is 1.73 bits per heavy atom. The summed E-state index contributed by atoms with van der Waals surface area (Å²) in [6, 6.07) is 11.7. The Kier molecular flexibility index (Phi) is 9.67. The number of nitrogens with zero attached hydrogens (tertiary/aromatic N) is 3. The van der Waals surface area contributed by atoms with Crippen LogP contribution in [0, 0.1) is 0 Å². The molecule has 1 heterocycles. The van der Waals surface area contributed by atoms with Crippen molar-refractivity contribution < 1.29 is 28.6 Å². The number of rotatable bonds is 11. The minimum atomic E-state index is -0.448. The second-order valence-electron chi connectivity index (χ2n) is 7.53. The lowest BCUT2D eigenvalue weighted by Gasteiger charge is -2.07. The van der Waals surface area contributed by atoms with E-state index in [0.29, 0.717) is 33.7 Å². The van der Waals surface area contributed by atoms with Crippen LogP contribution in [0.25, 0.3) is 6.08 Å². The van der Waals surface area contributed by atoms with Crippen molar-refractivity contribution in [1.29, 1.82) is 0 Å². The van der Waals surface area contributed by atoms with Gasteiger partial charge in [-0.1, -0.05) is 17.8 Å². The van der Waals surface area contributed by atoms with E-state index in [2.05, 4.69) is 25.6 Å². The third-order valence-electron chi connectivity index (χ3n) is 5.10. The van der Waals surface area contributed by atoms with Gasteiger partial charge in [0.2, 0.25) is 11.8 Å². The Labute approximate surface area is 218 Å². The zero-order valence-corrected chi connectivity index (χ0v) is 21.6. The Bertz CT molecular complexity index is 1290. The van der Waals surface area contributed by atoms with Gasteiger partial charge in [0.25, 0.3) is 0 Å². The molecule has 11 nitrogen and oxygen atoms in total. The molecule has 2 amide bonds. The first kappa shape index (κ1) is 27.3. The molecule has 0 saturated carbocycles. The van der Waals surface area contributed by atoms with Crippen molar-refractivity contribution in [3.63, 3.8) is 0 Å². The number of ether oxygens (including phenoxy) is 3. The van der Waals surface area contributed by atoms with Gasteiger partial charge in [0.1, 0.15) is 0 Å². The Hall–Kier alpha value is -4.32. The summed E-state index contributed by atoms with van der Waals surface area (Å²) < 4.78 is 16.8. The van der Waals surface area contributed by atoms with Crippen LogP contribution in [0.1, 0.15) is 21.7 Å². The Morgan fingerprint density at radius 3 is 2.41 bits per heavy atom. The molecule has 3 rings (SSSR count). The molecule has 12 heteroatoms. The average Bonchev–Trinajstić information content (AvgIpc) is 3.28. The molecule has 0 fully saturated rings. The van der Waals surface area contributed by atoms with E-state index >= 15 is 0 Å². The van der Waals surface area contributed by atoms with E-state index in [1.54, 1.807) is 68.3 Å². The van der Waals surface area contributed by atoms with Gasteiger partial charge < -0.3 is 29.4 Å². The largest absolute Gasteiger partial charge is 0.493 e. The van der Waals surface area contributed by atoms with E-state index in [0.717, 1.165) is 5.56 Å². The van der Waals surface area contributed by atoms with Crippen molar-refractivity contribution >= 4 is 41.3 Å². The predicted molar refractivity (Wildman–Crippen MR) is 139 cm³/mol. The molecular weight excluding hydrogens is 498 g/mol. The fraction of sp³-hybridized carbons (Fsp3) is 0.240. The van der Waals surface area contributed by atoms with Crippen LogP contribution >= 0.6 is 11.8 Å². The molecule has 0 saturated heterocycles. The van der Waals surface area contributed by atoms with E-state index in [-0.39, 0.29) is 24.1 Å². The minimum Gasteiger partial charge on any atom is -0.493 e. The van der Waals surface area contributed by atoms with Crippen LogP contribution in [0.2, 0.25) is 0 Å². The molecule has 194 valence electrons. The number of esters is 1. The van der Waals surface area contributed by atoms with Gasteiger partial charge in [-0.25, -0.2) is 4.79 Å². The number of thioether (sulfide) groups is 1. The van der Waals surface area contributed by atoms with E-state index in [1.807, 2.05) is 6.07 Å². The number of aromatic nitrogens is 3. The van der Waals surface area contributed by atoms with Gasteiger partial charge in [-0.05, 0) is 48.0 Å². The molecule has 0 aliphatic heterocycles. The van der Waals surface area contributed by atoms with Gasteiger partial charge in [-0.2, -0.15) is 0 Å². The number of anilines is 1. The standard InChI is InChI=1S/C25H27N5O6S/c1-30-21(14-26-22(31)12-6-16-5-11-19(34-2)20(13-16)35-3)28-29-25(30)37-15-23(32)27-18-9-7-17(8-10-18)24(33)36-4/h5-13H,14-15H2,1-4H3,(H,26,31)(H,27,32)/b12-6+. The molecule has 0 atom stereocenters. The number of benzene rings is 2. The molecule has 0 unspecified atom stereocenters. The zero-order valence-electron chi connectivity index (χ0n) is 20.8. The summed E-state index contributed by atoms with van der Waals surface area (Å²) in [6.07, 6.45) is 3.08. The molecule has 0 radical (unpaired) electrons. The van der Waals surface area contributed by atoms with Gasteiger partial charge >= 0.3 is 5.97 Å². The van der Waals surface area contributed by atoms with Gasteiger partial charge in [-0.3, -0.25) is 9.59 Å². The van der Waals surface area contributed by atoms with E-state index in [4.69, 9.17) is 9.47 Å². The number of carbonyl (C=O) groups is 3. The summed E-state index contributed by atoms with van der Waals surface area (Å²) in [4.78, 5) is 36.0. The van der Waals surface area contributed by atoms with Crippen molar-refractivity contribution in [2.75, 3.05) is 32.4 Å². The van der Waals surface area contributed by atoms with E-state index < -0.39 is 5.97 Å². The zero-order chi connectivity index (χ0) is 26.8. The SMILES string of the molecule is COC(=O)c1ccc(NC(=O)CSc2nnc(CNC(=O)/C=C/c3ccc(OC)c(OC)c3)n2C)cc1. The van der Waals surface area contributed by atoms with Gasteiger partial charge in [0.05, 0.1) is 39.2 Å². The summed E-state index contributed by atoms with van der Waals surface area (Å²) in [5.41, 5.74) is 1.73. The number of amides is 2. The maximum absolute atomic E-state index is 12.3. The molecule has 37 heavy (non-hydrogen) atoms. The summed E-state index contributed by atoms with van der Waals surface area (Å²) in [5.74, 6) is 0.820. The molecule has 1 aromatic heterocycles. The molecule has 0 spiro atoms. The number of methoxy groups -OCH3 is 3. The van der Waals surface area contributed by atoms with Crippen LogP contribution in [0.3, 0.4) is 0 Å². The van der Waals surface area contributed by atoms with Crippen LogP contribution in [-0.4, -0.2) is 59.6 Å². The highest BCUT2D eigenvalue weighted by atomic mass is 32.2. The number of nitrogens with one attached hydrogen (secondary N) is 2.